The molecule has 0 aromatic heterocycles. The molecule has 2 nitrogen and oxygen atoms in total. The molecule has 96 valence electrons. The molecule has 0 amide bonds. The second-order valence-corrected chi connectivity index (χ2v) is 7.86. The maximum atomic E-state index is 6.06. The van der Waals surface area contributed by atoms with Crippen LogP contribution in [0.2, 0.25) is 6.04 Å². The van der Waals surface area contributed by atoms with Gasteiger partial charge in [-0.25, -0.2) is 0 Å². The van der Waals surface area contributed by atoms with E-state index in [4.69, 9.17) is 20.5 Å². The molecule has 0 N–H and O–H groups in total. The van der Waals surface area contributed by atoms with Gasteiger partial charge in [-0.2, -0.15) is 0 Å². The van der Waals surface area contributed by atoms with Crippen LogP contribution in [-0.4, -0.2) is 27.3 Å². The lowest BCUT2D eigenvalue weighted by Crippen LogP contribution is -2.45. The minimum absolute atomic E-state index is 0.502. The van der Waals surface area contributed by atoms with Crippen LogP contribution in [0.25, 0.3) is 0 Å². The van der Waals surface area contributed by atoms with E-state index in [1.54, 1.807) is 0 Å². The van der Waals surface area contributed by atoms with Crippen LogP contribution >= 0.6 is 11.6 Å². The lowest BCUT2D eigenvalue weighted by Gasteiger charge is -2.27. The molecule has 0 saturated carbocycles. The molecule has 0 unspecified atom stereocenters. The molecule has 1 rings (SSSR count). The normalized spacial score (nSPS) is 11.7. The third-order valence-corrected chi connectivity index (χ3v) is 6.93. The molecule has 0 bridgehead atoms. The van der Waals surface area contributed by atoms with Crippen LogP contribution in [0.5, 0.6) is 0 Å². The predicted molar refractivity (Wildman–Crippen MR) is 74.7 cm³/mol. The van der Waals surface area contributed by atoms with E-state index in [0.29, 0.717) is 18.7 Å². The van der Waals surface area contributed by atoms with Crippen LogP contribution in [0, 0.1) is 0 Å². The van der Waals surface area contributed by atoms with Crippen molar-refractivity contribution in [2.45, 2.75) is 26.3 Å². The topological polar surface area (TPSA) is 18.5 Å². The van der Waals surface area contributed by atoms with Gasteiger partial charge >= 0.3 is 8.56 Å². The molecular weight excluding hydrogens is 252 g/mol. The molecule has 0 aliphatic heterocycles. The van der Waals surface area contributed by atoms with Crippen molar-refractivity contribution >= 4 is 20.2 Å². The minimum Gasteiger partial charge on any atom is -0.394 e. The fourth-order valence-electron chi connectivity index (χ4n) is 1.84. The van der Waals surface area contributed by atoms with Crippen LogP contribution in [-0.2, 0) is 15.3 Å². The summed E-state index contributed by atoms with van der Waals surface area (Å²) in [6.45, 7) is 5.34. The highest BCUT2D eigenvalue weighted by Crippen LogP contribution is 2.19. The summed E-state index contributed by atoms with van der Waals surface area (Å²) in [5.74, 6) is 0. The first-order valence-corrected chi connectivity index (χ1v) is 8.90. The van der Waals surface area contributed by atoms with Gasteiger partial charge in [0.2, 0.25) is 0 Å². The summed E-state index contributed by atoms with van der Waals surface area (Å²) < 4.78 is 11.7. The Labute approximate surface area is 110 Å². The maximum Gasteiger partial charge on any atom is 0.353 e. The first kappa shape index (κ1) is 14.7. The Balaban J connectivity index is 2.59. The highest BCUT2D eigenvalue weighted by molar-refractivity contribution is 6.74. The summed E-state index contributed by atoms with van der Waals surface area (Å²) in [4.78, 5) is 0. The first-order valence-electron chi connectivity index (χ1n) is 6.14. The Kier molecular flexibility index (Phi) is 6.81. The van der Waals surface area contributed by atoms with Gasteiger partial charge in [0.15, 0.2) is 0 Å². The molecule has 1 aromatic rings. The smallest absolute Gasteiger partial charge is 0.353 e. The monoisotopic (exact) mass is 272 g/mol. The molecule has 0 fully saturated rings. The number of hydrogen-bond acceptors (Lipinski definition) is 2. The summed E-state index contributed by atoms with van der Waals surface area (Å²) >= 11 is 6.06. The average Bonchev–Trinajstić information content (AvgIpc) is 2.38. The summed E-state index contributed by atoms with van der Waals surface area (Å²) in [6, 6.07) is 11.3. The zero-order valence-corrected chi connectivity index (χ0v) is 12.4. The van der Waals surface area contributed by atoms with E-state index in [-0.39, 0.29) is 0 Å². The van der Waals surface area contributed by atoms with Crippen LogP contribution in [0.1, 0.15) is 19.4 Å². The highest BCUT2D eigenvalue weighted by atomic mass is 35.5. The Hall–Kier alpha value is -0.353. The van der Waals surface area contributed by atoms with Gasteiger partial charge in [0.1, 0.15) is 0 Å². The molecular formula is C13H21ClO2Si. The molecule has 0 aliphatic rings. The summed E-state index contributed by atoms with van der Waals surface area (Å²) in [7, 11) is -2.19. The van der Waals surface area contributed by atoms with E-state index in [1.165, 1.54) is 5.56 Å². The minimum atomic E-state index is -2.19. The Bertz CT molecular complexity index is 300. The standard InChI is InChI=1S/C13H21ClO2Si/c1-3-15-17(12-14,16-4-2)11-10-13-8-6-5-7-9-13/h5-9H,3-4,10-12H2,1-2H3. The Morgan fingerprint density at radius 2 is 1.65 bits per heavy atom. The van der Waals surface area contributed by atoms with E-state index in [0.717, 1.165) is 12.5 Å². The van der Waals surface area contributed by atoms with Crippen molar-refractivity contribution in [3.8, 4) is 0 Å². The van der Waals surface area contributed by atoms with Crippen molar-refractivity contribution in [3.05, 3.63) is 35.9 Å². The van der Waals surface area contributed by atoms with Crippen molar-refractivity contribution in [2.24, 2.45) is 0 Å². The highest BCUT2D eigenvalue weighted by Gasteiger charge is 2.35. The van der Waals surface area contributed by atoms with Gasteiger partial charge in [0.05, 0.1) is 5.50 Å². The maximum absolute atomic E-state index is 6.06. The van der Waals surface area contributed by atoms with E-state index in [2.05, 4.69) is 24.3 Å². The van der Waals surface area contributed by atoms with Crippen LogP contribution in [0.15, 0.2) is 30.3 Å². The van der Waals surface area contributed by atoms with Crippen LogP contribution in [0.3, 0.4) is 0 Å². The zero-order valence-electron chi connectivity index (χ0n) is 10.6. The van der Waals surface area contributed by atoms with Gasteiger partial charge in [-0.3, -0.25) is 0 Å². The molecule has 1 aromatic carbocycles. The van der Waals surface area contributed by atoms with Gasteiger partial charge in [0.25, 0.3) is 0 Å². The second kappa shape index (κ2) is 7.87. The lowest BCUT2D eigenvalue weighted by molar-refractivity contribution is 0.188. The SMILES string of the molecule is CCO[Si](CCl)(CCc1ccccc1)OCC. The molecule has 17 heavy (non-hydrogen) atoms. The third-order valence-electron chi connectivity index (χ3n) is 2.66. The fraction of sp³-hybridized carbons (Fsp3) is 0.538. The van der Waals surface area contributed by atoms with Gasteiger partial charge < -0.3 is 8.85 Å². The Morgan fingerprint density at radius 3 is 2.12 bits per heavy atom. The number of aryl methyl sites for hydroxylation is 1. The van der Waals surface area contributed by atoms with Crippen molar-refractivity contribution in [2.75, 3.05) is 18.7 Å². The zero-order chi connectivity index (χ0) is 12.6. The summed E-state index contributed by atoms with van der Waals surface area (Å²) in [6.07, 6.45) is 0.972. The molecule has 0 radical (unpaired) electrons. The number of halogens is 1. The number of benzene rings is 1. The molecule has 0 heterocycles. The molecule has 0 atom stereocenters. The average molecular weight is 273 g/mol. The van der Waals surface area contributed by atoms with E-state index in [9.17, 15) is 0 Å². The van der Waals surface area contributed by atoms with Gasteiger partial charge in [0, 0.05) is 13.2 Å². The Morgan fingerprint density at radius 1 is 1.06 bits per heavy atom. The van der Waals surface area contributed by atoms with Gasteiger partial charge in [-0.1, -0.05) is 30.3 Å². The fourth-order valence-corrected chi connectivity index (χ4v) is 5.08. The second-order valence-electron chi connectivity index (χ2n) is 3.90. The van der Waals surface area contributed by atoms with Crippen LogP contribution in [0.4, 0.5) is 0 Å². The lowest BCUT2D eigenvalue weighted by atomic mass is 10.2. The quantitative estimate of drug-likeness (QED) is 0.533. The summed E-state index contributed by atoms with van der Waals surface area (Å²) in [5, 5.41) is 0. The van der Waals surface area contributed by atoms with E-state index in [1.807, 2.05) is 19.9 Å². The van der Waals surface area contributed by atoms with E-state index >= 15 is 0 Å². The largest absolute Gasteiger partial charge is 0.394 e. The molecule has 0 spiro atoms. The van der Waals surface area contributed by atoms with Crippen molar-refractivity contribution < 1.29 is 8.85 Å². The van der Waals surface area contributed by atoms with Gasteiger partial charge in [-0.05, 0) is 31.9 Å². The summed E-state index contributed by atoms with van der Waals surface area (Å²) in [5.41, 5.74) is 1.82. The van der Waals surface area contributed by atoms with Gasteiger partial charge in [-0.15, -0.1) is 11.6 Å². The number of alkyl halides is 1. The molecule has 0 aliphatic carbocycles. The van der Waals surface area contributed by atoms with E-state index < -0.39 is 8.56 Å². The number of hydrogen-bond donors (Lipinski definition) is 0. The van der Waals surface area contributed by atoms with Crippen LogP contribution < -0.4 is 0 Å². The van der Waals surface area contributed by atoms with Crippen molar-refractivity contribution in [1.82, 2.24) is 0 Å². The molecule has 0 saturated heterocycles. The van der Waals surface area contributed by atoms with Crippen molar-refractivity contribution in [3.63, 3.8) is 0 Å². The predicted octanol–water partition coefficient (Wildman–Crippen LogP) is 3.52. The first-order chi connectivity index (χ1) is 8.26. The molecule has 4 heteroatoms. The number of rotatable bonds is 8. The van der Waals surface area contributed by atoms with Crippen molar-refractivity contribution in [1.29, 1.82) is 0 Å². The third kappa shape index (κ3) is 4.80.